The molecule has 2 aliphatic rings. The van der Waals surface area contributed by atoms with E-state index < -0.39 is 11.3 Å². The number of hydrogen-bond donors (Lipinski definition) is 1. The molecule has 1 fully saturated rings. The zero-order valence-corrected chi connectivity index (χ0v) is 12.9. The van der Waals surface area contributed by atoms with Crippen molar-refractivity contribution in [2.24, 2.45) is 5.92 Å². The SMILES string of the molecule is N#C[C@@H]1CN(c2ccncc2Cl)C[C@@]12C(=O)Nc1ccccc12. The van der Waals surface area contributed by atoms with Crippen LogP contribution in [0.3, 0.4) is 0 Å². The van der Waals surface area contributed by atoms with E-state index in [0.29, 0.717) is 18.1 Å². The number of rotatable bonds is 1. The molecule has 0 aliphatic carbocycles. The molecular formula is C17H13ClN4O. The summed E-state index contributed by atoms with van der Waals surface area (Å²) in [4.78, 5) is 18.7. The van der Waals surface area contributed by atoms with Crippen molar-refractivity contribution in [3.05, 3.63) is 53.3 Å². The Labute approximate surface area is 138 Å². The lowest BCUT2D eigenvalue weighted by molar-refractivity contribution is -0.120. The van der Waals surface area contributed by atoms with Gasteiger partial charge in [0.1, 0.15) is 5.41 Å². The predicted molar refractivity (Wildman–Crippen MR) is 87.3 cm³/mol. The third-order valence-electron chi connectivity index (χ3n) is 4.75. The van der Waals surface area contributed by atoms with Gasteiger partial charge in [-0.1, -0.05) is 29.8 Å². The number of carbonyl (C=O) groups is 1. The van der Waals surface area contributed by atoms with E-state index in [-0.39, 0.29) is 5.91 Å². The van der Waals surface area contributed by atoms with Crippen LogP contribution in [-0.4, -0.2) is 24.0 Å². The number of nitrogens with one attached hydrogen (secondary N) is 1. The van der Waals surface area contributed by atoms with Gasteiger partial charge in [0.25, 0.3) is 0 Å². The van der Waals surface area contributed by atoms with Crippen LogP contribution in [-0.2, 0) is 10.2 Å². The summed E-state index contributed by atoms with van der Waals surface area (Å²) < 4.78 is 0. The molecule has 0 unspecified atom stereocenters. The summed E-state index contributed by atoms with van der Waals surface area (Å²) in [5.41, 5.74) is 1.64. The first-order valence-corrected chi connectivity index (χ1v) is 7.69. The molecule has 2 aliphatic heterocycles. The van der Waals surface area contributed by atoms with Gasteiger partial charge in [-0.15, -0.1) is 0 Å². The molecule has 3 heterocycles. The van der Waals surface area contributed by atoms with Crippen LogP contribution in [0.1, 0.15) is 5.56 Å². The summed E-state index contributed by atoms with van der Waals surface area (Å²) in [6.45, 7) is 0.889. The minimum absolute atomic E-state index is 0.113. The fourth-order valence-electron chi connectivity index (χ4n) is 3.65. The van der Waals surface area contributed by atoms with Crippen molar-refractivity contribution in [3.8, 4) is 6.07 Å². The maximum absolute atomic E-state index is 12.8. The van der Waals surface area contributed by atoms with Gasteiger partial charge in [0.2, 0.25) is 5.91 Å². The Kier molecular flexibility index (Phi) is 3.03. The number of para-hydroxylation sites is 1. The molecule has 23 heavy (non-hydrogen) atoms. The highest BCUT2D eigenvalue weighted by Crippen LogP contribution is 2.48. The highest BCUT2D eigenvalue weighted by atomic mass is 35.5. The highest BCUT2D eigenvalue weighted by Gasteiger charge is 2.58. The van der Waals surface area contributed by atoms with Crippen LogP contribution >= 0.6 is 11.6 Å². The van der Waals surface area contributed by atoms with Gasteiger partial charge in [-0.3, -0.25) is 9.78 Å². The Hall–Kier alpha value is -2.58. The molecule has 1 spiro atoms. The maximum Gasteiger partial charge on any atom is 0.238 e. The van der Waals surface area contributed by atoms with Crippen LogP contribution in [0.4, 0.5) is 11.4 Å². The molecule has 1 amide bonds. The first-order valence-electron chi connectivity index (χ1n) is 7.32. The number of aromatic nitrogens is 1. The number of nitriles is 1. The number of fused-ring (bicyclic) bond motifs is 2. The van der Waals surface area contributed by atoms with Crippen LogP contribution in [0.15, 0.2) is 42.7 Å². The minimum atomic E-state index is -0.849. The summed E-state index contributed by atoms with van der Waals surface area (Å²) in [6.07, 6.45) is 3.24. The lowest BCUT2D eigenvalue weighted by atomic mass is 9.74. The second-order valence-corrected chi connectivity index (χ2v) is 6.27. The molecule has 2 atom stereocenters. The molecule has 114 valence electrons. The van der Waals surface area contributed by atoms with Crippen LogP contribution in [0.5, 0.6) is 0 Å². The van der Waals surface area contributed by atoms with Crippen molar-refractivity contribution in [1.82, 2.24) is 4.98 Å². The summed E-state index contributed by atoms with van der Waals surface area (Å²) in [6, 6.07) is 11.7. The zero-order chi connectivity index (χ0) is 16.0. The van der Waals surface area contributed by atoms with Gasteiger partial charge in [0, 0.05) is 31.2 Å². The number of amides is 1. The fourth-order valence-corrected chi connectivity index (χ4v) is 3.89. The Bertz CT molecular complexity index is 846. The molecule has 1 N–H and O–H groups in total. The average Bonchev–Trinajstić information content (AvgIpc) is 3.08. The van der Waals surface area contributed by atoms with E-state index in [1.54, 1.807) is 12.4 Å². The van der Waals surface area contributed by atoms with Gasteiger partial charge in [0.05, 0.1) is 22.7 Å². The van der Waals surface area contributed by atoms with E-state index >= 15 is 0 Å². The Balaban J connectivity index is 1.83. The third kappa shape index (κ3) is 1.85. The van der Waals surface area contributed by atoms with E-state index in [9.17, 15) is 10.1 Å². The molecule has 5 nitrogen and oxygen atoms in total. The Morgan fingerprint density at radius 2 is 2.22 bits per heavy atom. The molecule has 4 rings (SSSR count). The quantitative estimate of drug-likeness (QED) is 0.875. The zero-order valence-electron chi connectivity index (χ0n) is 12.2. The molecule has 1 aromatic heterocycles. The topological polar surface area (TPSA) is 69.0 Å². The Morgan fingerprint density at radius 3 is 3.00 bits per heavy atom. The minimum Gasteiger partial charge on any atom is -0.367 e. The predicted octanol–water partition coefficient (Wildman–Crippen LogP) is 2.58. The molecular weight excluding hydrogens is 312 g/mol. The summed E-state index contributed by atoms with van der Waals surface area (Å²) in [5, 5.41) is 13.1. The number of carbonyl (C=O) groups excluding carboxylic acids is 1. The molecule has 0 bridgehead atoms. The van der Waals surface area contributed by atoms with Gasteiger partial charge < -0.3 is 10.2 Å². The van der Waals surface area contributed by atoms with Crippen molar-refractivity contribution in [2.75, 3.05) is 23.3 Å². The van der Waals surface area contributed by atoms with Gasteiger partial charge >= 0.3 is 0 Å². The number of nitrogens with zero attached hydrogens (tertiary/aromatic N) is 3. The van der Waals surface area contributed by atoms with Gasteiger partial charge in [-0.25, -0.2) is 0 Å². The third-order valence-corrected chi connectivity index (χ3v) is 5.04. The second kappa shape index (κ2) is 4.97. The van der Waals surface area contributed by atoms with E-state index in [4.69, 9.17) is 11.6 Å². The second-order valence-electron chi connectivity index (χ2n) is 5.86. The van der Waals surface area contributed by atoms with E-state index in [1.807, 2.05) is 35.2 Å². The molecule has 6 heteroatoms. The summed E-state index contributed by atoms with van der Waals surface area (Å²) in [7, 11) is 0. The highest BCUT2D eigenvalue weighted by molar-refractivity contribution is 6.33. The molecule has 1 aromatic carbocycles. The maximum atomic E-state index is 12.8. The van der Waals surface area contributed by atoms with Crippen molar-refractivity contribution in [3.63, 3.8) is 0 Å². The van der Waals surface area contributed by atoms with E-state index in [0.717, 1.165) is 16.9 Å². The van der Waals surface area contributed by atoms with Crippen LogP contribution < -0.4 is 10.2 Å². The van der Waals surface area contributed by atoms with Crippen LogP contribution in [0.25, 0.3) is 0 Å². The number of anilines is 2. The molecule has 0 saturated carbocycles. The fraction of sp³-hybridized carbons (Fsp3) is 0.235. The van der Waals surface area contributed by atoms with Crippen molar-refractivity contribution < 1.29 is 4.79 Å². The van der Waals surface area contributed by atoms with Crippen LogP contribution in [0.2, 0.25) is 5.02 Å². The Morgan fingerprint density at radius 1 is 1.39 bits per heavy atom. The lowest BCUT2D eigenvalue weighted by Gasteiger charge is -2.25. The first kappa shape index (κ1) is 14.0. The van der Waals surface area contributed by atoms with Gasteiger partial charge in [-0.2, -0.15) is 5.26 Å². The molecule has 0 radical (unpaired) electrons. The number of pyridine rings is 1. The number of benzene rings is 1. The van der Waals surface area contributed by atoms with E-state index in [1.165, 1.54) is 0 Å². The van der Waals surface area contributed by atoms with Gasteiger partial charge in [0.15, 0.2) is 0 Å². The van der Waals surface area contributed by atoms with Crippen molar-refractivity contribution in [2.45, 2.75) is 5.41 Å². The average molecular weight is 325 g/mol. The summed E-state index contributed by atoms with van der Waals surface area (Å²) in [5.74, 6) is -0.548. The largest absolute Gasteiger partial charge is 0.367 e. The first-order chi connectivity index (χ1) is 11.2. The number of hydrogen-bond acceptors (Lipinski definition) is 4. The van der Waals surface area contributed by atoms with Crippen LogP contribution in [0, 0.1) is 17.2 Å². The van der Waals surface area contributed by atoms with Gasteiger partial charge in [-0.05, 0) is 17.7 Å². The van der Waals surface area contributed by atoms with Crippen molar-refractivity contribution in [1.29, 1.82) is 5.26 Å². The number of halogens is 1. The standard InChI is InChI=1S/C17H13ClN4O/c18-13-8-20-6-5-15(13)22-9-11(7-19)17(10-22)12-3-1-2-4-14(12)21-16(17)23/h1-6,8,11H,9-10H2,(H,21,23)/t11-,17-/m1/s1. The monoisotopic (exact) mass is 324 g/mol. The summed E-state index contributed by atoms with van der Waals surface area (Å²) >= 11 is 6.24. The van der Waals surface area contributed by atoms with Crippen molar-refractivity contribution >= 4 is 28.9 Å². The van der Waals surface area contributed by atoms with E-state index in [2.05, 4.69) is 16.4 Å². The normalized spacial score (nSPS) is 25.3. The molecule has 2 aromatic rings. The smallest absolute Gasteiger partial charge is 0.238 e. The lowest BCUT2D eigenvalue weighted by Crippen LogP contribution is -2.41. The molecule has 1 saturated heterocycles.